The minimum Gasteiger partial charge on any atom is -0.497 e. The normalized spacial score (nSPS) is 18.2. The maximum absolute atomic E-state index is 6.07. The lowest BCUT2D eigenvalue weighted by Crippen LogP contribution is -2.41. The molecule has 2 aromatic carbocycles. The Morgan fingerprint density at radius 1 is 0.800 bits per heavy atom. The van der Waals surface area contributed by atoms with Gasteiger partial charge in [-0.3, -0.25) is 0 Å². The SMILES string of the molecule is COc1ccc(COc2ccc(B3OC(C)(C)C(C)(C)O3)cc2)cc1. The van der Waals surface area contributed by atoms with Crippen molar-refractivity contribution in [2.45, 2.75) is 45.5 Å². The Balaban J connectivity index is 1.61. The molecule has 0 spiro atoms. The van der Waals surface area contributed by atoms with E-state index in [2.05, 4.69) is 27.7 Å². The smallest absolute Gasteiger partial charge is 0.494 e. The van der Waals surface area contributed by atoms with E-state index in [9.17, 15) is 0 Å². The van der Waals surface area contributed by atoms with E-state index in [0.717, 1.165) is 22.5 Å². The van der Waals surface area contributed by atoms with Crippen LogP contribution in [0.5, 0.6) is 11.5 Å². The average molecular weight is 340 g/mol. The second-order valence-electron chi connectivity index (χ2n) is 7.29. The van der Waals surface area contributed by atoms with E-state index >= 15 is 0 Å². The Hall–Kier alpha value is -1.98. The molecule has 1 saturated heterocycles. The van der Waals surface area contributed by atoms with Crippen LogP contribution in [-0.4, -0.2) is 25.4 Å². The van der Waals surface area contributed by atoms with E-state index in [1.807, 2.05) is 48.5 Å². The summed E-state index contributed by atoms with van der Waals surface area (Å²) in [4.78, 5) is 0. The number of methoxy groups -OCH3 is 1. The molecule has 0 saturated carbocycles. The lowest BCUT2D eigenvalue weighted by molar-refractivity contribution is 0.00578. The van der Waals surface area contributed by atoms with Gasteiger partial charge in [-0.1, -0.05) is 24.3 Å². The lowest BCUT2D eigenvalue weighted by atomic mass is 9.79. The third kappa shape index (κ3) is 3.83. The van der Waals surface area contributed by atoms with Crippen molar-refractivity contribution in [2.24, 2.45) is 0 Å². The molecule has 2 aromatic rings. The first-order valence-corrected chi connectivity index (χ1v) is 8.52. The van der Waals surface area contributed by atoms with E-state index in [1.54, 1.807) is 7.11 Å². The van der Waals surface area contributed by atoms with Crippen LogP contribution in [0.15, 0.2) is 48.5 Å². The quantitative estimate of drug-likeness (QED) is 0.780. The summed E-state index contributed by atoms with van der Waals surface area (Å²) in [6.45, 7) is 8.73. The molecule has 0 aliphatic carbocycles. The van der Waals surface area contributed by atoms with Gasteiger partial charge in [-0.2, -0.15) is 0 Å². The van der Waals surface area contributed by atoms with Gasteiger partial charge < -0.3 is 18.8 Å². The van der Waals surface area contributed by atoms with E-state index in [-0.39, 0.29) is 18.3 Å². The third-order valence-electron chi connectivity index (χ3n) is 4.97. The van der Waals surface area contributed by atoms with Gasteiger partial charge in [0.25, 0.3) is 0 Å². The summed E-state index contributed by atoms with van der Waals surface area (Å²) < 4.78 is 23.1. The third-order valence-corrected chi connectivity index (χ3v) is 4.97. The Bertz CT molecular complexity index is 691. The fourth-order valence-corrected chi connectivity index (χ4v) is 2.59. The van der Waals surface area contributed by atoms with Gasteiger partial charge >= 0.3 is 7.12 Å². The van der Waals surface area contributed by atoms with E-state index < -0.39 is 0 Å². The van der Waals surface area contributed by atoms with Crippen molar-refractivity contribution in [3.63, 3.8) is 0 Å². The molecule has 5 heteroatoms. The summed E-state index contributed by atoms with van der Waals surface area (Å²) >= 11 is 0. The van der Waals surface area contributed by atoms with Crippen LogP contribution in [0.25, 0.3) is 0 Å². The van der Waals surface area contributed by atoms with Crippen molar-refractivity contribution in [1.29, 1.82) is 0 Å². The molecule has 25 heavy (non-hydrogen) atoms. The topological polar surface area (TPSA) is 36.9 Å². The zero-order valence-electron chi connectivity index (χ0n) is 15.5. The lowest BCUT2D eigenvalue weighted by Gasteiger charge is -2.32. The highest BCUT2D eigenvalue weighted by Crippen LogP contribution is 2.36. The molecule has 3 rings (SSSR count). The van der Waals surface area contributed by atoms with E-state index in [1.165, 1.54) is 0 Å². The second-order valence-corrected chi connectivity index (χ2v) is 7.29. The summed E-state index contributed by atoms with van der Waals surface area (Å²) in [5.41, 5.74) is 1.42. The maximum Gasteiger partial charge on any atom is 0.494 e. The number of benzene rings is 2. The highest BCUT2D eigenvalue weighted by atomic mass is 16.7. The van der Waals surface area contributed by atoms with Gasteiger partial charge in [0.15, 0.2) is 0 Å². The molecular weight excluding hydrogens is 315 g/mol. The second kappa shape index (κ2) is 6.73. The standard InChI is InChI=1S/C20H25BO4/c1-19(2)20(3,4)25-21(24-19)16-8-12-18(13-9-16)23-14-15-6-10-17(22-5)11-7-15/h6-13H,14H2,1-5H3. The largest absolute Gasteiger partial charge is 0.497 e. The summed E-state index contributed by atoms with van der Waals surface area (Å²) in [7, 11) is 1.31. The van der Waals surface area contributed by atoms with Gasteiger partial charge in [0.05, 0.1) is 18.3 Å². The van der Waals surface area contributed by atoms with Gasteiger partial charge in [0.1, 0.15) is 18.1 Å². The van der Waals surface area contributed by atoms with Crippen LogP contribution in [0.2, 0.25) is 0 Å². The van der Waals surface area contributed by atoms with Gasteiger partial charge in [0, 0.05) is 0 Å². The first kappa shape index (κ1) is 17.8. The highest BCUT2D eigenvalue weighted by molar-refractivity contribution is 6.62. The molecule has 1 aliphatic heterocycles. The van der Waals surface area contributed by atoms with E-state index in [4.69, 9.17) is 18.8 Å². The van der Waals surface area contributed by atoms with Crippen LogP contribution >= 0.6 is 0 Å². The molecule has 0 amide bonds. The number of ether oxygens (including phenoxy) is 2. The molecule has 1 fully saturated rings. The molecule has 0 N–H and O–H groups in total. The van der Waals surface area contributed by atoms with Crippen LogP contribution in [0.4, 0.5) is 0 Å². The fraction of sp³-hybridized carbons (Fsp3) is 0.400. The van der Waals surface area contributed by atoms with Crippen molar-refractivity contribution >= 4 is 12.6 Å². The molecule has 0 bridgehead atoms. The van der Waals surface area contributed by atoms with E-state index in [0.29, 0.717) is 6.61 Å². The van der Waals surface area contributed by atoms with Crippen LogP contribution in [-0.2, 0) is 15.9 Å². The van der Waals surface area contributed by atoms with Crippen LogP contribution in [0.1, 0.15) is 33.3 Å². The molecule has 1 heterocycles. The predicted octanol–water partition coefficient (Wildman–Crippen LogP) is 3.57. The van der Waals surface area contributed by atoms with Gasteiger partial charge in [0.2, 0.25) is 0 Å². The molecule has 0 atom stereocenters. The molecule has 0 radical (unpaired) electrons. The van der Waals surface area contributed by atoms with Crippen molar-refractivity contribution < 1.29 is 18.8 Å². The maximum atomic E-state index is 6.07. The monoisotopic (exact) mass is 340 g/mol. The summed E-state index contributed by atoms with van der Waals surface area (Å²) in [5, 5.41) is 0. The molecule has 1 aliphatic rings. The number of rotatable bonds is 5. The number of hydrogen-bond acceptors (Lipinski definition) is 4. The molecule has 0 aromatic heterocycles. The van der Waals surface area contributed by atoms with Crippen LogP contribution in [0, 0.1) is 0 Å². The number of hydrogen-bond donors (Lipinski definition) is 0. The average Bonchev–Trinajstić information content (AvgIpc) is 2.82. The van der Waals surface area contributed by atoms with Crippen molar-refractivity contribution in [1.82, 2.24) is 0 Å². The summed E-state index contributed by atoms with van der Waals surface area (Å²) in [6, 6.07) is 15.7. The first-order chi connectivity index (χ1) is 11.8. The van der Waals surface area contributed by atoms with Gasteiger partial charge in [-0.15, -0.1) is 0 Å². The van der Waals surface area contributed by atoms with Crippen LogP contribution < -0.4 is 14.9 Å². The van der Waals surface area contributed by atoms with Crippen molar-refractivity contribution in [3.8, 4) is 11.5 Å². The van der Waals surface area contributed by atoms with Crippen molar-refractivity contribution in [3.05, 3.63) is 54.1 Å². The van der Waals surface area contributed by atoms with Crippen LogP contribution in [0.3, 0.4) is 0 Å². The molecule has 4 nitrogen and oxygen atoms in total. The predicted molar refractivity (Wildman–Crippen MR) is 99.5 cm³/mol. The molecule has 0 unspecified atom stereocenters. The zero-order valence-corrected chi connectivity index (χ0v) is 15.5. The molecule has 132 valence electrons. The van der Waals surface area contributed by atoms with Crippen molar-refractivity contribution in [2.75, 3.05) is 7.11 Å². The summed E-state index contributed by atoms with van der Waals surface area (Å²) in [6.07, 6.45) is 0. The zero-order chi connectivity index (χ0) is 18.1. The minimum atomic E-state index is -0.347. The Kier molecular flexibility index (Phi) is 4.80. The Morgan fingerprint density at radius 3 is 1.84 bits per heavy atom. The highest BCUT2D eigenvalue weighted by Gasteiger charge is 2.51. The minimum absolute atomic E-state index is 0.332. The Labute approximate surface area is 150 Å². The fourth-order valence-electron chi connectivity index (χ4n) is 2.59. The van der Waals surface area contributed by atoms with Gasteiger partial charge in [-0.25, -0.2) is 0 Å². The Morgan fingerprint density at radius 2 is 1.32 bits per heavy atom. The molecular formula is C20H25BO4. The van der Waals surface area contributed by atoms with Gasteiger partial charge in [-0.05, 0) is 63.0 Å². The summed E-state index contributed by atoms with van der Waals surface area (Å²) in [5.74, 6) is 1.66. The first-order valence-electron chi connectivity index (χ1n) is 8.52.